The Hall–Kier alpha value is -14.9. The van der Waals surface area contributed by atoms with Gasteiger partial charge in [0.1, 0.15) is 79.9 Å². The van der Waals surface area contributed by atoms with E-state index in [0.29, 0.717) is 188 Å². The maximum absolute atomic E-state index is 9.62. The van der Waals surface area contributed by atoms with Gasteiger partial charge in [-0.15, -0.1) is 6.40 Å². The summed E-state index contributed by atoms with van der Waals surface area (Å²) in [4.78, 5) is 76.2. The van der Waals surface area contributed by atoms with E-state index in [0.717, 1.165) is 70.6 Å². The first-order chi connectivity index (χ1) is 70.4. The van der Waals surface area contributed by atoms with Crippen LogP contribution in [0.2, 0.25) is 0 Å². The van der Waals surface area contributed by atoms with Gasteiger partial charge < -0.3 is 125 Å². The lowest BCUT2D eigenvalue weighted by molar-refractivity contribution is 0.105. The van der Waals surface area contributed by atoms with E-state index in [1.165, 1.54) is 12.4 Å². The van der Waals surface area contributed by atoms with Crippen LogP contribution >= 0.6 is 31.9 Å². The fourth-order valence-electron chi connectivity index (χ4n) is 13.0. The molecule has 146 heavy (non-hydrogen) atoms. The molecule has 0 aliphatic carbocycles. The molecule has 1 aromatic carbocycles. The number of terminal acetylenes is 1. The monoisotopic (exact) mass is 2130 g/mol. The number of pyridine rings is 6. The largest absolute Gasteiger partial charge is 0.451 e. The van der Waals surface area contributed by atoms with Crippen molar-refractivity contribution in [1.29, 1.82) is 0 Å². The van der Waals surface area contributed by atoms with Gasteiger partial charge in [-0.05, 0) is 113 Å². The number of nitrogen functional groups attached to an aromatic ring is 6. The van der Waals surface area contributed by atoms with Crippen molar-refractivity contribution in [2.45, 2.75) is 204 Å². The van der Waals surface area contributed by atoms with Crippen molar-refractivity contribution in [3.05, 3.63) is 207 Å². The molecule has 0 fully saturated rings. The summed E-state index contributed by atoms with van der Waals surface area (Å²) in [5.41, 5.74) is 43.0. The maximum Gasteiger partial charge on any atom is 0.225 e. The highest BCUT2D eigenvalue weighted by molar-refractivity contribution is 9.10. The second kappa shape index (κ2) is 58.2. The van der Waals surface area contributed by atoms with Crippen molar-refractivity contribution >= 4 is 108 Å². The van der Waals surface area contributed by atoms with E-state index in [1.807, 2.05) is 103 Å². The highest BCUT2D eigenvalue weighted by Gasteiger charge is 2.24. The van der Waals surface area contributed by atoms with Crippen molar-refractivity contribution in [1.82, 2.24) is 89.7 Å². The van der Waals surface area contributed by atoms with Gasteiger partial charge in [0.25, 0.3) is 0 Å². The number of anilines is 13. The number of rotatable bonds is 35. The molecule has 0 spiro atoms. The third kappa shape index (κ3) is 36.8. The first-order valence-electron chi connectivity index (χ1n) is 48.3. The van der Waals surface area contributed by atoms with Gasteiger partial charge in [-0.1, -0.05) is 133 Å². The van der Waals surface area contributed by atoms with E-state index in [1.54, 1.807) is 80.9 Å². The van der Waals surface area contributed by atoms with Crippen molar-refractivity contribution in [3.8, 4) is 81.3 Å². The van der Waals surface area contributed by atoms with Crippen LogP contribution in [0.15, 0.2) is 150 Å². The van der Waals surface area contributed by atoms with Gasteiger partial charge in [-0.25, -0.2) is 69.8 Å². The minimum Gasteiger partial charge on any atom is -0.451 e. The SMILES string of the molecule is CC(C)Nc1ncc(Oc2cc(Br)ncc2C(C)C)c(N)n1.CC(C)c1cnc(Br)cc1Oc1cnc(N)nc1NCc1ccccc1.CC(C)c1cnc2cc1Oc1cnc(nc1N)CCCOCCN2.CCC(O)CNc1ncc(Oc2cc(NCC(O)CO)ncc2C(C)C)c(N)n1.CCCNc1ncc(Oc2cc(NCCO)ncc2C(C)C)c(N)n1.[2H]C#Cc1cc(Oc2cnc(C)nc2N)c(C(C)C)cn1. The first-order valence-corrected chi connectivity index (χ1v) is 49.4. The van der Waals surface area contributed by atoms with Crippen LogP contribution in [-0.4, -0.2) is 188 Å². The summed E-state index contributed by atoms with van der Waals surface area (Å²) in [6, 6.07) is 21.0. The number of benzene rings is 1. The van der Waals surface area contributed by atoms with Crippen LogP contribution in [0.5, 0.6) is 69.0 Å². The summed E-state index contributed by atoms with van der Waals surface area (Å²) in [5.74, 6) is 16.8. The molecule has 0 radical (unpaired) electrons. The molecular formula is C102H135Br2N31O11. The number of hydrogen-bond acceptors (Lipinski definition) is 42. The maximum atomic E-state index is 9.62. The molecule has 2 aliphatic heterocycles. The Bertz CT molecular complexity index is 6420. The fraction of sp³-hybridized carbons (Fsp3) is 0.392. The zero-order chi connectivity index (χ0) is 107. The van der Waals surface area contributed by atoms with E-state index in [2.05, 4.69) is 233 Å². The number of aryl methyl sites for hydroxylation is 2. The molecule has 0 saturated heterocycles. The predicted molar refractivity (Wildman–Crippen MR) is 578 cm³/mol. The number of hydrogen-bond donors (Lipinski definition) is 17. The zero-order valence-electron chi connectivity index (χ0n) is 86.3. The van der Waals surface area contributed by atoms with Crippen LogP contribution in [-0.2, 0) is 17.7 Å². The molecule has 42 nitrogen and oxygen atoms in total. The molecule has 15 rings (SSSR count). The lowest BCUT2D eigenvalue weighted by atomic mass is 10.0. The van der Waals surface area contributed by atoms with Crippen LogP contribution in [0.25, 0.3) is 0 Å². The summed E-state index contributed by atoms with van der Waals surface area (Å²) < 4.78 is 49.7. The number of fused-ring (bicyclic) bond motifs is 8. The number of halogens is 2. The number of aliphatic hydroxyl groups excluding tert-OH is 4. The summed E-state index contributed by atoms with van der Waals surface area (Å²) in [7, 11) is 0. The molecule has 2 unspecified atom stereocenters. The number of nitrogens with zero attached hydrogens (tertiary/aromatic N) is 18. The topological polar surface area (TPSA) is 618 Å². The van der Waals surface area contributed by atoms with Gasteiger partial charge in [0.05, 0.1) is 69.2 Å². The molecular weight excluding hydrogens is 2000 g/mol. The quantitative estimate of drug-likeness (QED) is 0.0130. The molecule has 4 bridgehead atoms. The van der Waals surface area contributed by atoms with E-state index in [4.69, 9.17) is 79.1 Å². The fourth-order valence-corrected chi connectivity index (χ4v) is 13.6. The molecule has 13 aromatic rings. The van der Waals surface area contributed by atoms with Crippen molar-refractivity contribution in [2.24, 2.45) is 0 Å². The summed E-state index contributed by atoms with van der Waals surface area (Å²) in [6.07, 6.45) is 23.8. The molecule has 14 heterocycles. The average molecular weight is 2130 g/mol. The number of ether oxygens (including phenoxy) is 7. The van der Waals surface area contributed by atoms with Crippen LogP contribution < -0.4 is 100 Å². The third-order valence-electron chi connectivity index (χ3n) is 21.0. The summed E-state index contributed by atoms with van der Waals surface area (Å²) in [5, 5.41) is 58.6. The van der Waals surface area contributed by atoms with Gasteiger partial charge in [-0.2, -0.15) is 19.9 Å². The highest BCUT2D eigenvalue weighted by Crippen LogP contribution is 2.42. The van der Waals surface area contributed by atoms with E-state index < -0.39 is 12.2 Å². The molecule has 23 N–H and O–H groups in total. The number of nitrogens with one attached hydrogen (secondary N) is 7. The Labute approximate surface area is 869 Å². The minimum absolute atomic E-state index is 0.0246. The molecule has 0 saturated carbocycles. The predicted octanol–water partition coefficient (Wildman–Crippen LogP) is 18.0. The molecule has 44 heteroatoms. The minimum atomic E-state index is -0.888. The smallest absolute Gasteiger partial charge is 0.225 e. The number of nitrogens with two attached hydrogens (primary N) is 6. The van der Waals surface area contributed by atoms with Gasteiger partial charge in [0.15, 0.2) is 69.4 Å². The Morgan fingerprint density at radius 1 is 0.459 bits per heavy atom. The lowest BCUT2D eigenvalue weighted by Gasteiger charge is -2.17. The van der Waals surface area contributed by atoms with Gasteiger partial charge in [0.2, 0.25) is 23.8 Å². The molecule has 778 valence electrons. The Balaban J connectivity index is 0.000000197. The van der Waals surface area contributed by atoms with Crippen LogP contribution in [0, 0.1) is 19.2 Å². The molecule has 0 amide bonds. The molecule has 2 aliphatic rings. The first kappa shape index (κ1) is 113. The van der Waals surface area contributed by atoms with Crippen molar-refractivity contribution in [3.63, 3.8) is 0 Å². The van der Waals surface area contributed by atoms with Crippen LogP contribution in [0.4, 0.5) is 76.2 Å². The summed E-state index contributed by atoms with van der Waals surface area (Å²) >= 11 is 6.74. The van der Waals surface area contributed by atoms with Crippen LogP contribution in [0.1, 0.15) is 223 Å². The Morgan fingerprint density at radius 3 is 1.46 bits per heavy atom. The average Bonchev–Trinajstić information content (AvgIpc) is 1.41. The van der Waals surface area contributed by atoms with E-state index in [9.17, 15) is 10.2 Å². The van der Waals surface area contributed by atoms with Gasteiger partial charge in [-0.3, -0.25) is 0 Å². The normalized spacial score (nSPS) is 12.0. The van der Waals surface area contributed by atoms with Crippen LogP contribution in [0.3, 0.4) is 0 Å². The lowest BCUT2D eigenvalue weighted by Crippen LogP contribution is -2.23. The zero-order valence-corrected chi connectivity index (χ0v) is 88.5. The van der Waals surface area contributed by atoms with E-state index >= 15 is 0 Å². The van der Waals surface area contributed by atoms with Crippen molar-refractivity contribution in [2.75, 3.05) is 131 Å². The number of aromatic nitrogens is 18. The number of aliphatic hydroxyl groups is 4. The van der Waals surface area contributed by atoms with Gasteiger partial charge in [0, 0.05) is 165 Å². The second-order valence-electron chi connectivity index (χ2n) is 35.2. The Morgan fingerprint density at radius 2 is 0.945 bits per heavy atom. The molecule has 2 atom stereocenters. The highest BCUT2D eigenvalue weighted by atomic mass is 79.9. The van der Waals surface area contributed by atoms with Crippen molar-refractivity contribution < 1.29 is 55.0 Å². The summed E-state index contributed by atoms with van der Waals surface area (Å²) in [6.45, 7) is 38.4. The van der Waals surface area contributed by atoms with Gasteiger partial charge >= 0.3 is 0 Å². The second-order valence-corrected chi connectivity index (χ2v) is 36.8. The molecule has 12 aromatic heterocycles. The van der Waals surface area contributed by atoms with E-state index in [-0.39, 0.29) is 84.7 Å². The third-order valence-corrected chi connectivity index (χ3v) is 21.8. The Kier molecular flexibility index (Phi) is 45.0. The standard InChI is InChI=1S/C19H20BrN5O.C19H30N6O4.C17H26N6O2.C17H23N5O2.C15H20BrN5O.C15H16N4O/c1-12(2)14-10-22-17(20)8-15(14)26-16-11-24-19(21)25-18(16)23-9-13-6-4-3-5-7-13;1-4-12(27)6-23-19-24-9-16(18(20)25-19)29-15-5-17(21-7-13(28)10-26)22-8-14(15)11(2)3;1-4-5-20-17-22-10-14(16(18)23-17)25-13-8-15(19-6-7-24)21-9-12(13)11(2)3;1-11(2)12-9-20-16-8-13(12)24-14-10-21-15(22-17(14)18)4-3-6-23-7-5-19-16;1-8(2)10-6-18-13(16)5-11(10)22-12-7-19-15(20-9(3)4)21-14(12)17;1-5-11-6-13(12(7-18-11)9(2)3)20-14-8-17-10(4)19-15(14)16/h3-8,10-12H,9H2,1-2H3,(H3,21,23,24,25);5,8-9,11-13,26-28H,4,6-7,10H2,1-3H3,(H,21,22)(H3,20,23,24,25);8-11,24H,4-7H2,1-3H3,(H,19,21)(H3,18,20,22,23);8-11H,3-7H2,1-2H3,(H,19,20)(H2,18,21,22);5-9H,1-4H3,(H3,17,19,20,21);1,6-9H,2-4H3,(H2,16,17,19)/i;;;;;1D.